The summed E-state index contributed by atoms with van der Waals surface area (Å²) in [7, 11) is 0. The first-order valence-electron chi connectivity index (χ1n) is 11.1. The van der Waals surface area contributed by atoms with Crippen LogP contribution in [0.2, 0.25) is 0 Å². The molecule has 0 unspecified atom stereocenters. The average molecular weight is 452 g/mol. The van der Waals surface area contributed by atoms with E-state index in [1.807, 2.05) is 39.8 Å². The molecule has 0 bridgehead atoms. The SMILES string of the molecule is O=C(CSc1nnc(-c2ccccc2F)n1-c1ccccc1)N1CCN(CC2CC2)CC1. The van der Waals surface area contributed by atoms with E-state index in [4.69, 9.17) is 0 Å². The van der Waals surface area contributed by atoms with E-state index in [0.717, 1.165) is 37.8 Å². The largest absolute Gasteiger partial charge is 0.339 e. The van der Waals surface area contributed by atoms with E-state index >= 15 is 0 Å². The summed E-state index contributed by atoms with van der Waals surface area (Å²) in [6.07, 6.45) is 2.71. The molecule has 1 amide bonds. The summed E-state index contributed by atoms with van der Waals surface area (Å²) in [5.41, 5.74) is 1.22. The van der Waals surface area contributed by atoms with Crippen molar-refractivity contribution < 1.29 is 9.18 Å². The standard InChI is InChI=1S/C24H26FN5OS/c25-21-9-5-4-8-20(21)23-26-27-24(30(23)19-6-2-1-3-7-19)32-17-22(31)29-14-12-28(13-15-29)16-18-10-11-18/h1-9,18H,10-17H2. The zero-order chi connectivity index (χ0) is 21.9. The molecule has 2 heterocycles. The van der Waals surface area contributed by atoms with Crippen molar-refractivity contribution in [1.29, 1.82) is 0 Å². The Morgan fingerprint density at radius 2 is 1.69 bits per heavy atom. The predicted molar refractivity (Wildman–Crippen MR) is 123 cm³/mol. The molecule has 6 nitrogen and oxygen atoms in total. The first-order chi connectivity index (χ1) is 15.7. The third kappa shape index (κ3) is 4.71. The topological polar surface area (TPSA) is 54.3 Å². The Balaban J connectivity index is 1.30. The number of halogens is 1. The predicted octanol–water partition coefficient (Wildman–Crippen LogP) is 3.72. The van der Waals surface area contributed by atoms with Gasteiger partial charge in [0.25, 0.3) is 0 Å². The summed E-state index contributed by atoms with van der Waals surface area (Å²) in [6.45, 7) is 4.63. The van der Waals surface area contributed by atoms with Gasteiger partial charge in [0.15, 0.2) is 11.0 Å². The van der Waals surface area contributed by atoms with Crippen LogP contribution >= 0.6 is 11.8 Å². The molecule has 0 radical (unpaired) electrons. The maximum atomic E-state index is 14.5. The molecule has 3 aromatic rings. The van der Waals surface area contributed by atoms with Crippen molar-refractivity contribution in [2.75, 3.05) is 38.5 Å². The number of para-hydroxylation sites is 1. The molecule has 0 spiro atoms. The average Bonchev–Trinajstić information content (AvgIpc) is 3.54. The molecule has 1 saturated heterocycles. The fourth-order valence-corrected chi connectivity index (χ4v) is 4.91. The van der Waals surface area contributed by atoms with Crippen molar-refractivity contribution in [2.45, 2.75) is 18.0 Å². The lowest BCUT2D eigenvalue weighted by molar-refractivity contribution is -0.130. The van der Waals surface area contributed by atoms with Crippen molar-refractivity contribution in [2.24, 2.45) is 5.92 Å². The minimum Gasteiger partial charge on any atom is -0.339 e. The Morgan fingerprint density at radius 3 is 2.41 bits per heavy atom. The second kappa shape index (κ2) is 9.42. The van der Waals surface area contributed by atoms with Gasteiger partial charge in [-0.3, -0.25) is 14.3 Å². The molecule has 32 heavy (non-hydrogen) atoms. The van der Waals surface area contributed by atoms with Gasteiger partial charge in [0.05, 0.1) is 11.3 Å². The monoisotopic (exact) mass is 451 g/mol. The Kier molecular flexibility index (Phi) is 6.23. The van der Waals surface area contributed by atoms with E-state index in [1.165, 1.54) is 37.2 Å². The van der Waals surface area contributed by atoms with Crippen LogP contribution in [0.1, 0.15) is 12.8 Å². The number of carbonyl (C=O) groups excluding carboxylic acids is 1. The molecular weight excluding hydrogens is 425 g/mol. The van der Waals surface area contributed by atoms with Crippen LogP contribution in [0, 0.1) is 11.7 Å². The van der Waals surface area contributed by atoms with E-state index in [0.29, 0.717) is 16.5 Å². The number of benzene rings is 2. The maximum absolute atomic E-state index is 14.5. The van der Waals surface area contributed by atoms with Crippen molar-refractivity contribution in [3.8, 4) is 17.1 Å². The highest BCUT2D eigenvalue weighted by atomic mass is 32.2. The lowest BCUT2D eigenvalue weighted by atomic mass is 10.2. The number of piperazine rings is 1. The fraction of sp³-hybridized carbons (Fsp3) is 0.375. The lowest BCUT2D eigenvalue weighted by Crippen LogP contribution is -2.49. The molecule has 0 N–H and O–H groups in total. The van der Waals surface area contributed by atoms with Crippen LogP contribution in [0.3, 0.4) is 0 Å². The Morgan fingerprint density at radius 1 is 0.969 bits per heavy atom. The number of amides is 1. The lowest BCUT2D eigenvalue weighted by Gasteiger charge is -2.34. The zero-order valence-corrected chi connectivity index (χ0v) is 18.7. The Hall–Kier alpha value is -2.71. The smallest absolute Gasteiger partial charge is 0.233 e. The molecule has 5 rings (SSSR count). The zero-order valence-electron chi connectivity index (χ0n) is 17.9. The van der Waals surface area contributed by atoms with Gasteiger partial charge in [-0.1, -0.05) is 42.1 Å². The molecule has 0 atom stereocenters. The van der Waals surface area contributed by atoms with Crippen molar-refractivity contribution >= 4 is 17.7 Å². The van der Waals surface area contributed by atoms with Crippen LogP contribution in [-0.4, -0.2) is 68.9 Å². The summed E-state index contributed by atoms with van der Waals surface area (Å²) in [4.78, 5) is 17.3. The maximum Gasteiger partial charge on any atom is 0.233 e. The van der Waals surface area contributed by atoms with Gasteiger partial charge < -0.3 is 4.90 Å². The molecule has 1 aromatic heterocycles. The van der Waals surface area contributed by atoms with Crippen LogP contribution in [0.4, 0.5) is 4.39 Å². The van der Waals surface area contributed by atoms with Gasteiger partial charge in [-0.2, -0.15) is 0 Å². The summed E-state index contributed by atoms with van der Waals surface area (Å²) < 4.78 is 16.3. The Bertz CT molecular complexity index is 1080. The number of carbonyl (C=O) groups is 1. The first kappa shape index (κ1) is 21.2. The molecule has 2 fully saturated rings. The van der Waals surface area contributed by atoms with E-state index in [1.54, 1.807) is 18.2 Å². The van der Waals surface area contributed by atoms with Crippen molar-refractivity contribution in [3.63, 3.8) is 0 Å². The van der Waals surface area contributed by atoms with Crippen LogP contribution in [0.15, 0.2) is 59.8 Å². The molecule has 166 valence electrons. The molecule has 1 aliphatic heterocycles. The number of thioether (sulfide) groups is 1. The number of nitrogens with zero attached hydrogens (tertiary/aromatic N) is 5. The normalized spacial score (nSPS) is 17.0. The van der Waals surface area contributed by atoms with E-state index in [-0.39, 0.29) is 17.5 Å². The summed E-state index contributed by atoms with van der Waals surface area (Å²) in [6, 6.07) is 16.2. The second-order valence-corrected chi connectivity index (χ2v) is 9.31. The van der Waals surface area contributed by atoms with E-state index in [9.17, 15) is 9.18 Å². The van der Waals surface area contributed by atoms with Gasteiger partial charge in [-0.15, -0.1) is 10.2 Å². The Labute approximate surface area is 191 Å². The quantitative estimate of drug-likeness (QED) is 0.513. The van der Waals surface area contributed by atoms with Crippen LogP contribution in [0.5, 0.6) is 0 Å². The molecule has 2 aliphatic rings. The molecule has 1 aliphatic carbocycles. The van der Waals surface area contributed by atoms with Gasteiger partial charge in [-0.05, 0) is 43.0 Å². The summed E-state index contributed by atoms with van der Waals surface area (Å²) in [5.74, 6) is 1.34. The van der Waals surface area contributed by atoms with Gasteiger partial charge in [0.1, 0.15) is 5.82 Å². The number of hydrogen-bond donors (Lipinski definition) is 0. The molecule has 1 saturated carbocycles. The van der Waals surface area contributed by atoms with Gasteiger partial charge in [0, 0.05) is 38.4 Å². The van der Waals surface area contributed by atoms with Gasteiger partial charge >= 0.3 is 0 Å². The number of aromatic nitrogens is 3. The van der Waals surface area contributed by atoms with Gasteiger partial charge in [0.2, 0.25) is 5.91 Å². The summed E-state index contributed by atoms with van der Waals surface area (Å²) >= 11 is 1.35. The van der Waals surface area contributed by atoms with Crippen molar-refractivity contribution in [1.82, 2.24) is 24.6 Å². The number of hydrogen-bond acceptors (Lipinski definition) is 5. The van der Waals surface area contributed by atoms with E-state index in [2.05, 4.69) is 15.1 Å². The third-order valence-corrected chi connectivity index (χ3v) is 6.94. The summed E-state index contributed by atoms with van der Waals surface area (Å²) in [5, 5.41) is 9.17. The third-order valence-electron chi connectivity index (χ3n) is 6.03. The van der Waals surface area contributed by atoms with Gasteiger partial charge in [-0.25, -0.2) is 4.39 Å². The van der Waals surface area contributed by atoms with Crippen LogP contribution in [-0.2, 0) is 4.79 Å². The number of rotatable bonds is 7. The second-order valence-electron chi connectivity index (χ2n) is 8.37. The highest BCUT2D eigenvalue weighted by molar-refractivity contribution is 7.99. The molecule has 2 aromatic carbocycles. The fourth-order valence-electron chi connectivity index (χ4n) is 4.05. The highest BCUT2D eigenvalue weighted by Crippen LogP contribution is 2.31. The van der Waals surface area contributed by atoms with Crippen LogP contribution in [0.25, 0.3) is 17.1 Å². The van der Waals surface area contributed by atoms with Crippen LogP contribution < -0.4 is 0 Å². The highest BCUT2D eigenvalue weighted by Gasteiger charge is 2.28. The first-order valence-corrected chi connectivity index (χ1v) is 12.1. The van der Waals surface area contributed by atoms with E-state index < -0.39 is 0 Å². The molecular formula is C24H26FN5OS. The molecule has 8 heteroatoms. The minimum atomic E-state index is -0.353. The minimum absolute atomic E-state index is 0.108. The van der Waals surface area contributed by atoms with Crippen molar-refractivity contribution in [3.05, 3.63) is 60.4 Å².